The molecule has 5 heteroatoms. The Morgan fingerprint density at radius 1 is 1.07 bits per heavy atom. The SMILES string of the molecule is O=C(NCc1ccsc1)C1CC(C(c2ccccc2)c2ccccc2)=NO1. The van der Waals surface area contributed by atoms with Crippen molar-refractivity contribution in [2.75, 3.05) is 0 Å². The van der Waals surface area contributed by atoms with Crippen molar-refractivity contribution in [1.29, 1.82) is 0 Å². The first-order valence-corrected chi connectivity index (χ1v) is 9.87. The van der Waals surface area contributed by atoms with Gasteiger partial charge >= 0.3 is 0 Å². The van der Waals surface area contributed by atoms with Gasteiger partial charge in [0.1, 0.15) is 0 Å². The van der Waals surface area contributed by atoms with E-state index in [4.69, 9.17) is 4.84 Å². The molecule has 136 valence electrons. The van der Waals surface area contributed by atoms with Crippen molar-refractivity contribution in [1.82, 2.24) is 5.32 Å². The Kier molecular flexibility index (Phi) is 5.30. The molecule has 0 saturated heterocycles. The smallest absolute Gasteiger partial charge is 0.264 e. The third kappa shape index (κ3) is 4.09. The molecule has 4 rings (SSSR count). The molecule has 4 nitrogen and oxygen atoms in total. The van der Waals surface area contributed by atoms with Crippen LogP contribution >= 0.6 is 11.3 Å². The summed E-state index contributed by atoms with van der Waals surface area (Å²) in [5.41, 5.74) is 4.26. The Balaban J connectivity index is 1.48. The third-order valence-electron chi connectivity index (χ3n) is 4.63. The van der Waals surface area contributed by atoms with Crippen LogP contribution < -0.4 is 5.32 Å². The molecule has 1 aliphatic rings. The highest BCUT2D eigenvalue weighted by Gasteiger charge is 2.33. The van der Waals surface area contributed by atoms with Crippen molar-refractivity contribution in [3.8, 4) is 0 Å². The summed E-state index contributed by atoms with van der Waals surface area (Å²) in [7, 11) is 0. The van der Waals surface area contributed by atoms with E-state index in [1.807, 2.05) is 53.2 Å². The quantitative estimate of drug-likeness (QED) is 0.696. The van der Waals surface area contributed by atoms with Crippen LogP contribution in [0.25, 0.3) is 0 Å². The van der Waals surface area contributed by atoms with Crippen LogP contribution in [0.5, 0.6) is 0 Å². The lowest BCUT2D eigenvalue weighted by atomic mass is 9.85. The number of benzene rings is 2. The van der Waals surface area contributed by atoms with Crippen LogP contribution in [0.4, 0.5) is 0 Å². The minimum atomic E-state index is -0.575. The summed E-state index contributed by atoms with van der Waals surface area (Å²) in [6.45, 7) is 0.512. The molecule has 2 aromatic carbocycles. The molecule has 2 heterocycles. The van der Waals surface area contributed by atoms with Gasteiger partial charge in [0, 0.05) is 13.0 Å². The van der Waals surface area contributed by atoms with E-state index < -0.39 is 6.10 Å². The number of nitrogens with zero attached hydrogens (tertiary/aromatic N) is 1. The maximum atomic E-state index is 12.5. The van der Waals surface area contributed by atoms with Crippen LogP contribution in [0.2, 0.25) is 0 Å². The minimum absolute atomic E-state index is 0.0120. The molecule has 3 aromatic rings. The molecule has 1 atom stereocenters. The lowest BCUT2D eigenvalue weighted by molar-refractivity contribution is -0.131. The van der Waals surface area contributed by atoms with Gasteiger partial charge in [0.2, 0.25) is 6.10 Å². The van der Waals surface area contributed by atoms with Gasteiger partial charge in [-0.3, -0.25) is 4.79 Å². The van der Waals surface area contributed by atoms with Gasteiger partial charge in [-0.1, -0.05) is 65.8 Å². The Hall–Kier alpha value is -2.92. The summed E-state index contributed by atoms with van der Waals surface area (Å²) in [5.74, 6) is -0.137. The molecule has 0 bridgehead atoms. The number of amides is 1. The number of carbonyl (C=O) groups excluding carboxylic acids is 1. The maximum absolute atomic E-state index is 12.5. The highest BCUT2D eigenvalue weighted by atomic mass is 32.1. The van der Waals surface area contributed by atoms with Gasteiger partial charge in [-0.2, -0.15) is 11.3 Å². The van der Waals surface area contributed by atoms with Gasteiger partial charge in [-0.25, -0.2) is 0 Å². The predicted octanol–water partition coefficient (Wildman–Crippen LogP) is 4.34. The van der Waals surface area contributed by atoms with Gasteiger partial charge in [0.15, 0.2) is 0 Å². The molecule has 0 radical (unpaired) electrons. The highest BCUT2D eigenvalue weighted by molar-refractivity contribution is 7.07. The molecule has 0 aliphatic carbocycles. The maximum Gasteiger partial charge on any atom is 0.264 e. The van der Waals surface area contributed by atoms with Gasteiger partial charge in [0.05, 0.1) is 11.6 Å². The van der Waals surface area contributed by atoms with E-state index >= 15 is 0 Å². The molecule has 1 unspecified atom stereocenters. The van der Waals surface area contributed by atoms with Crippen molar-refractivity contribution in [3.05, 3.63) is 94.2 Å². The summed E-state index contributed by atoms with van der Waals surface area (Å²) in [6.07, 6.45) is -0.0854. The van der Waals surface area contributed by atoms with Crippen LogP contribution in [0.15, 0.2) is 82.6 Å². The molecule has 27 heavy (non-hydrogen) atoms. The number of rotatable bonds is 6. The Morgan fingerprint density at radius 3 is 2.33 bits per heavy atom. The van der Waals surface area contributed by atoms with Crippen LogP contribution in [0.1, 0.15) is 29.0 Å². The Bertz CT molecular complexity index is 869. The monoisotopic (exact) mass is 376 g/mol. The molecule has 0 fully saturated rings. The molecule has 0 saturated carbocycles. The Labute approximate surface area is 162 Å². The first-order valence-electron chi connectivity index (χ1n) is 8.92. The number of oxime groups is 1. The summed E-state index contributed by atoms with van der Waals surface area (Å²) in [5, 5.41) is 11.3. The second kappa shape index (κ2) is 8.18. The number of hydrogen-bond donors (Lipinski definition) is 1. The number of nitrogens with one attached hydrogen (secondary N) is 1. The fourth-order valence-electron chi connectivity index (χ4n) is 3.27. The summed E-state index contributed by atoms with van der Waals surface area (Å²) < 4.78 is 0. The van der Waals surface area contributed by atoms with Crippen molar-refractivity contribution >= 4 is 23.0 Å². The zero-order valence-corrected chi connectivity index (χ0v) is 15.6. The minimum Gasteiger partial charge on any atom is -0.382 e. The molecule has 1 N–H and O–H groups in total. The second-order valence-electron chi connectivity index (χ2n) is 6.48. The average Bonchev–Trinajstić information content (AvgIpc) is 3.41. The number of thiophene rings is 1. The van der Waals surface area contributed by atoms with E-state index in [-0.39, 0.29) is 11.8 Å². The fourth-order valence-corrected chi connectivity index (χ4v) is 3.94. The van der Waals surface area contributed by atoms with E-state index in [0.717, 1.165) is 22.4 Å². The average molecular weight is 376 g/mol. The highest BCUT2D eigenvalue weighted by Crippen LogP contribution is 2.31. The van der Waals surface area contributed by atoms with E-state index in [1.54, 1.807) is 11.3 Å². The van der Waals surface area contributed by atoms with Crippen LogP contribution in [0.3, 0.4) is 0 Å². The molecular weight excluding hydrogens is 356 g/mol. The van der Waals surface area contributed by atoms with E-state index in [0.29, 0.717) is 13.0 Å². The fraction of sp³-hybridized carbons (Fsp3) is 0.182. The van der Waals surface area contributed by atoms with E-state index in [2.05, 4.69) is 34.7 Å². The number of carbonyl (C=O) groups is 1. The first kappa shape index (κ1) is 17.5. The van der Waals surface area contributed by atoms with Crippen LogP contribution in [-0.2, 0) is 16.2 Å². The summed E-state index contributed by atoms with van der Waals surface area (Å²) >= 11 is 1.62. The summed E-state index contributed by atoms with van der Waals surface area (Å²) in [6, 6.07) is 22.4. The van der Waals surface area contributed by atoms with Crippen molar-refractivity contribution in [2.45, 2.75) is 25.0 Å². The molecular formula is C22H20N2O2S. The molecule has 1 aliphatic heterocycles. The Morgan fingerprint density at radius 2 is 1.74 bits per heavy atom. The zero-order chi connectivity index (χ0) is 18.5. The third-order valence-corrected chi connectivity index (χ3v) is 5.36. The van der Waals surface area contributed by atoms with Gasteiger partial charge < -0.3 is 10.2 Å². The van der Waals surface area contributed by atoms with Gasteiger partial charge in [0.25, 0.3) is 5.91 Å². The normalized spacial score (nSPS) is 16.0. The predicted molar refractivity (Wildman–Crippen MR) is 108 cm³/mol. The molecule has 0 spiro atoms. The van der Waals surface area contributed by atoms with Crippen LogP contribution in [0, 0.1) is 0 Å². The lowest BCUT2D eigenvalue weighted by Gasteiger charge is -2.17. The topological polar surface area (TPSA) is 50.7 Å². The van der Waals surface area contributed by atoms with Crippen LogP contribution in [-0.4, -0.2) is 17.7 Å². The molecule has 1 aromatic heterocycles. The van der Waals surface area contributed by atoms with Crippen molar-refractivity contribution in [3.63, 3.8) is 0 Å². The lowest BCUT2D eigenvalue weighted by Crippen LogP contribution is -2.34. The molecule has 1 amide bonds. The van der Waals surface area contributed by atoms with E-state index in [1.165, 1.54) is 0 Å². The second-order valence-corrected chi connectivity index (χ2v) is 7.26. The zero-order valence-electron chi connectivity index (χ0n) is 14.7. The standard InChI is InChI=1S/C22H20N2O2S/c25-22(23-14-16-11-12-27-15-16)20-13-19(24-26-20)21(17-7-3-1-4-8-17)18-9-5-2-6-10-18/h1-12,15,20-21H,13-14H2,(H,23,25). The first-order chi connectivity index (χ1) is 13.3. The van der Waals surface area contributed by atoms with Crippen molar-refractivity contribution < 1.29 is 9.63 Å². The van der Waals surface area contributed by atoms with E-state index in [9.17, 15) is 4.79 Å². The van der Waals surface area contributed by atoms with Crippen molar-refractivity contribution in [2.24, 2.45) is 5.16 Å². The van der Waals surface area contributed by atoms with Gasteiger partial charge in [-0.15, -0.1) is 0 Å². The largest absolute Gasteiger partial charge is 0.382 e. The van der Waals surface area contributed by atoms with Gasteiger partial charge in [-0.05, 0) is 33.5 Å². The number of hydrogen-bond acceptors (Lipinski definition) is 4. The summed E-state index contributed by atoms with van der Waals surface area (Å²) in [4.78, 5) is 18.0.